The summed E-state index contributed by atoms with van der Waals surface area (Å²) in [5, 5.41) is 4.21. The molecule has 0 bridgehead atoms. The third-order valence-corrected chi connectivity index (χ3v) is 3.23. The summed E-state index contributed by atoms with van der Waals surface area (Å²) in [5.41, 5.74) is 2.46. The first kappa shape index (κ1) is 11.1. The number of rotatable bonds is 2. The van der Waals surface area contributed by atoms with E-state index in [2.05, 4.69) is 15.1 Å². The molecule has 5 nitrogen and oxygen atoms in total. The molecule has 0 fully saturated rings. The third kappa shape index (κ3) is 1.72. The predicted molar refractivity (Wildman–Crippen MR) is 66.2 cm³/mol. The van der Waals surface area contributed by atoms with Crippen molar-refractivity contribution < 1.29 is 4.79 Å². The molecule has 0 saturated heterocycles. The lowest BCUT2D eigenvalue weighted by Crippen LogP contribution is -2.14. The van der Waals surface area contributed by atoms with Gasteiger partial charge in [-0.05, 0) is 25.8 Å². The monoisotopic (exact) mass is 242 g/mol. The van der Waals surface area contributed by atoms with Crippen LogP contribution < -0.4 is 0 Å². The van der Waals surface area contributed by atoms with Crippen molar-refractivity contribution in [2.75, 3.05) is 0 Å². The minimum atomic E-state index is 0.159. The molecule has 0 aromatic carbocycles. The Bertz CT molecular complexity index is 603. The van der Waals surface area contributed by atoms with Crippen LogP contribution in [0.5, 0.6) is 0 Å². The second-order valence-corrected chi connectivity index (χ2v) is 4.36. The average Bonchev–Trinajstić information content (AvgIpc) is 2.87. The zero-order valence-corrected chi connectivity index (χ0v) is 10.3. The second kappa shape index (κ2) is 4.33. The van der Waals surface area contributed by atoms with E-state index < -0.39 is 0 Å². The minimum Gasteiger partial charge on any atom is -0.294 e. The van der Waals surface area contributed by atoms with Crippen molar-refractivity contribution >= 4 is 5.78 Å². The molecule has 1 aliphatic carbocycles. The minimum absolute atomic E-state index is 0.159. The molecule has 0 N–H and O–H groups in total. The van der Waals surface area contributed by atoms with Gasteiger partial charge in [0, 0.05) is 25.4 Å². The van der Waals surface area contributed by atoms with Gasteiger partial charge in [-0.25, -0.2) is 9.97 Å². The molecule has 0 radical (unpaired) electrons. The fourth-order valence-corrected chi connectivity index (χ4v) is 2.29. The average molecular weight is 242 g/mol. The van der Waals surface area contributed by atoms with E-state index >= 15 is 0 Å². The van der Waals surface area contributed by atoms with Gasteiger partial charge in [0.2, 0.25) is 0 Å². The lowest BCUT2D eigenvalue weighted by Gasteiger charge is -2.14. The Hall–Kier alpha value is -2.04. The number of carbonyl (C=O) groups excluding carboxylic acids is 1. The van der Waals surface area contributed by atoms with Gasteiger partial charge in [0.05, 0.1) is 11.3 Å². The second-order valence-electron chi connectivity index (χ2n) is 4.36. The van der Waals surface area contributed by atoms with Crippen molar-refractivity contribution in [3.05, 3.63) is 29.7 Å². The van der Waals surface area contributed by atoms with Crippen molar-refractivity contribution in [1.29, 1.82) is 0 Å². The lowest BCUT2D eigenvalue weighted by molar-refractivity contribution is 0.0971. The van der Waals surface area contributed by atoms with Crippen LogP contribution in [0, 0.1) is 0 Å². The number of hydrogen-bond donors (Lipinski definition) is 0. The number of carbonyl (C=O) groups is 1. The largest absolute Gasteiger partial charge is 0.294 e. The zero-order valence-electron chi connectivity index (χ0n) is 10.3. The summed E-state index contributed by atoms with van der Waals surface area (Å²) in [7, 11) is 0. The number of ketones is 1. The van der Waals surface area contributed by atoms with Crippen molar-refractivity contribution in [3.63, 3.8) is 0 Å². The van der Waals surface area contributed by atoms with Crippen LogP contribution in [0.4, 0.5) is 0 Å². The number of aryl methyl sites for hydroxylation is 2. The summed E-state index contributed by atoms with van der Waals surface area (Å²) in [4.78, 5) is 20.5. The molecule has 0 saturated carbocycles. The summed E-state index contributed by atoms with van der Waals surface area (Å²) >= 11 is 0. The molecule has 0 atom stereocenters. The first-order valence-corrected chi connectivity index (χ1v) is 6.21. The van der Waals surface area contributed by atoms with Gasteiger partial charge in [-0.15, -0.1) is 0 Å². The van der Waals surface area contributed by atoms with Crippen LogP contribution >= 0.6 is 0 Å². The van der Waals surface area contributed by atoms with Gasteiger partial charge in [0.25, 0.3) is 0 Å². The fourth-order valence-electron chi connectivity index (χ4n) is 2.29. The number of Topliss-reactive ketones (excluding diaryl/α,β-unsaturated/α-hetero) is 1. The van der Waals surface area contributed by atoms with E-state index in [0.717, 1.165) is 30.8 Å². The summed E-state index contributed by atoms with van der Waals surface area (Å²) < 4.78 is 1.85. The number of fused-ring (bicyclic) bond motifs is 1. The van der Waals surface area contributed by atoms with Crippen LogP contribution in [0.25, 0.3) is 11.5 Å². The molecule has 2 aromatic rings. The Morgan fingerprint density at radius 1 is 1.39 bits per heavy atom. The van der Waals surface area contributed by atoms with E-state index in [1.165, 1.54) is 0 Å². The van der Waals surface area contributed by atoms with E-state index in [1.54, 1.807) is 12.4 Å². The molecular formula is C13H14N4O. The summed E-state index contributed by atoms with van der Waals surface area (Å²) in [5.74, 6) is 0.814. The highest BCUT2D eigenvalue weighted by Crippen LogP contribution is 2.22. The van der Waals surface area contributed by atoms with Crippen molar-refractivity contribution in [1.82, 2.24) is 19.7 Å². The Labute approximate surface area is 105 Å². The highest BCUT2D eigenvalue weighted by Gasteiger charge is 2.20. The molecule has 0 aliphatic heterocycles. The highest BCUT2D eigenvalue weighted by molar-refractivity contribution is 5.97. The molecule has 3 rings (SSSR count). The molecule has 0 spiro atoms. The fraction of sp³-hybridized carbons (Fsp3) is 0.385. The van der Waals surface area contributed by atoms with E-state index in [9.17, 15) is 4.79 Å². The van der Waals surface area contributed by atoms with Crippen LogP contribution in [0.15, 0.2) is 18.5 Å². The van der Waals surface area contributed by atoms with Gasteiger partial charge in [0.1, 0.15) is 5.69 Å². The van der Waals surface area contributed by atoms with Gasteiger partial charge >= 0.3 is 0 Å². The van der Waals surface area contributed by atoms with Gasteiger partial charge in [-0.2, -0.15) is 5.10 Å². The van der Waals surface area contributed by atoms with Gasteiger partial charge in [0.15, 0.2) is 11.6 Å². The third-order valence-electron chi connectivity index (χ3n) is 3.23. The molecule has 2 aromatic heterocycles. The molecule has 0 amide bonds. The van der Waals surface area contributed by atoms with E-state index in [0.29, 0.717) is 17.8 Å². The van der Waals surface area contributed by atoms with E-state index in [1.807, 2.05) is 17.7 Å². The maximum atomic E-state index is 11.7. The number of hydrogen-bond acceptors (Lipinski definition) is 4. The predicted octanol–water partition coefficient (Wildman–Crippen LogP) is 1.88. The van der Waals surface area contributed by atoms with Gasteiger partial charge in [-0.3, -0.25) is 9.48 Å². The van der Waals surface area contributed by atoms with Crippen LogP contribution in [0.2, 0.25) is 0 Å². The molecule has 1 aliphatic rings. The maximum Gasteiger partial charge on any atom is 0.178 e. The number of nitrogens with zero attached hydrogens (tertiary/aromatic N) is 4. The van der Waals surface area contributed by atoms with Crippen LogP contribution in [-0.4, -0.2) is 25.5 Å². The first-order valence-electron chi connectivity index (χ1n) is 6.21. The van der Waals surface area contributed by atoms with Crippen LogP contribution in [0.3, 0.4) is 0 Å². The van der Waals surface area contributed by atoms with Crippen molar-refractivity contribution in [2.45, 2.75) is 32.7 Å². The van der Waals surface area contributed by atoms with Crippen LogP contribution in [-0.2, 0) is 13.0 Å². The Kier molecular flexibility index (Phi) is 2.66. The Morgan fingerprint density at radius 2 is 2.28 bits per heavy atom. The first-order chi connectivity index (χ1) is 8.79. The normalized spacial score (nSPS) is 14.6. The van der Waals surface area contributed by atoms with Crippen LogP contribution in [0.1, 0.15) is 35.8 Å². The molecule has 5 heteroatoms. The molecule has 18 heavy (non-hydrogen) atoms. The van der Waals surface area contributed by atoms with E-state index in [4.69, 9.17) is 0 Å². The molecular weight excluding hydrogens is 228 g/mol. The zero-order chi connectivity index (χ0) is 12.5. The SMILES string of the molecule is CCn1nccc1-c1ncc2c(n1)CCCC2=O. The van der Waals surface area contributed by atoms with Gasteiger partial charge < -0.3 is 0 Å². The van der Waals surface area contributed by atoms with Crippen molar-refractivity contribution in [3.8, 4) is 11.5 Å². The van der Waals surface area contributed by atoms with Gasteiger partial charge in [-0.1, -0.05) is 0 Å². The van der Waals surface area contributed by atoms with Crippen molar-refractivity contribution in [2.24, 2.45) is 0 Å². The topological polar surface area (TPSA) is 60.7 Å². The lowest BCUT2D eigenvalue weighted by atomic mass is 9.96. The maximum absolute atomic E-state index is 11.7. The summed E-state index contributed by atoms with van der Waals surface area (Å²) in [6.45, 7) is 2.81. The molecule has 0 unspecified atom stereocenters. The standard InChI is InChI=1S/C13H14N4O/c1-2-17-11(6-7-15-17)13-14-8-9-10(16-13)4-3-5-12(9)18/h6-8H,2-5H2,1H3. The molecule has 92 valence electrons. The summed E-state index contributed by atoms with van der Waals surface area (Å²) in [6, 6.07) is 1.90. The molecule has 2 heterocycles. The Morgan fingerprint density at radius 3 is 3.11 bits per heavy atom. The Balaban J connectivity index is 2.07. The van der Waals surface area contributed by atoms with E-state index in [-0.39, 0.29) is 5.78 Å². The smallest absolute Gasteiger partial charge is 0.178 e. The quantitative estimate of drug-likeness (QED) is 0.806. The highest BCUT2D eigenvalue weighted by atomic mass is 16.1. The number of aromatic nitrogens is 4. The summed E-state index contributed by atoms with van der Waals surface area (Å²) in [6.07, 6.45) is 5.76.